The van der Waals surface area contributed by atoms with Crippen LogP contribution in [0.3, 0.4) is 0 Å². The third-order valence-electron chi connectivity index (χ3n) is 3.97. The molecule has 0 unspecified atom stereocenters. The zero-order valence-electron chi connectivity index (χ0n) is 13.0. The summed E-state index contributed by atoms with van der Waals surface area (Å²) >= 11 is 0. The predicted molar refractivity (Wildman–Crippen MR) is 94.7 cm³/mol. The van der Waals surface area contributed by atoms with E-state index in [1.807, 2.05) is 36.5 Å². The first-order valence-corrected chi connectivity index (χ1v) is 7.66. The standard InChI is InChI=1S/C19H13N3O3/c23-19(22-24)13-7-5-12(6-8-13)18-14-9-10-20-11-17(14)25-16-4-2-1-3-15(16)21-18/h1-11,20-21H. The van der Waals surface area contributed by atoms with Crippen molar-refractivity contribution in [3.05, 3.63) is 77.5 Å². The summed E-state index contributed by atoms with van der Waals surface area (Å²) in [6.07, 6.45) is 3.60. The Balaban J connectivity index is 1.98. The Labute approximate surface area is 142 Å². The number of hydrogen-bond donors (Lipinski definition) is 2. The first-order chi connectivity index (χ1) is 12.3. The van der Waals surface area contributed by atoms with Crippen molar-refractivity contribution in [3.63, 3.8) is 0 Å². The molecule has 2 aromatic rings. The van der Waals surface area contributed by atoms with Crippen molar-refractivity contribution in [2.24, 2.45) is 5.18 Å². The minimum absolute atomic E-state index is 0.256. The molecular formula is C19H13N3O3. The van der Waals surface area contributed by atoms with Crippen molar-refractivity contribution in [1.82, 2.24) is 9.97 Å². The molecular weight excluding hydrogens is 318 g/mol. The van der Waals surface area contributed by atoms with Crippen LogP contribution in [0.5, 0.6) is 0 Å². The second kappa shape index (κ2) is 6.09. The number of nitroso groups, excluding NO2 is 1. The number of hydrogen-bond acceptors (Lipinski definition) is 3. The van der Waals surface area contributed by atoms with Crippen molar-refractivity contribution in [2.45, 2.75) is 0 Å². The number of nitrogens with one attached hydrogen (secondary N) is 2. The number of H-pyrrole nitrogens is 2. The minimum Gasteiger partial charge on any atom is -0.453 e. The lowest BCUT2D eigenvalue weighted by Gasteiger charge is -2.07. The number of para-hydroxylation sites is 2. The number of carbonyl (C=O) groups excluding carboxylic acids is 1. The lowest BCUT2D eigenvalue weighted by molar-refractivity contribution is 0.100. The minimum atomic E-state index is -0.783. The molecule has 0 aromatic heterocycles. The van der Waals surface area contributed by atoms with Gasteiger partial charge in [-0.1, -0.05) is 24.3 Å². The van der Waals surface area contributed by atoms with Gasteiger partial charge in [0.15, 0.2) is 11.3 Å². The summed E-state index contributed by atoms with van der Waals surface area (Å²) in [5.41, 5.74) is 4.38. The highest BCUT2D eigenvalue weighted by Crippen LogP contribution is 2.32. The Morgan fingerprint density at radius 1 is 1.00 bits per heavy atom. The van der Waals surface area contributed by atoms with Gasteiger partial charge >= 0.3 is 5.91 Å². The molecule has 6 nitrogen and oxygen atoms in total. The van der Waals surface area contributed by atoms with Crippen LogP contribution < -0.4 is 0 Å². The fourth-order valence-corrected chi connectivity index (χ4v) is 2.75. The van der Waals surface area contributed by atoms with Gasteiger partial charge < -0.3 is 14.4 Å². The lowest BCUT2D eigenvalue weighted by Crippen LogP contribution is -1.93. The Bertz CT molecular complexity index is 1080. The summed E-state index contributed by atoms with van der Waals surface area (Å²) in [7, 11) is 0. The molecule has 0 bridgehead atoms. The molecule has 0 radical (unpaired) electrons. The molecule has 0 aliphatic carbocycles. The molecule has 1 amide bonds. The monoisotopic (exact) mass is 331 g/mol. The number of fused-ring (bicyclic) bond motifs is 2. The maximum atomic E-state index is 11.4. The maximum absolute atomic E-state index is 11.4. The van der Waals surface area contributed by atoms with Crippen molar-refractivity contribution in [1.29, 1.82) is 0 Å². The third kappa shape index (κ3) is 2.70. The summed E-state index contributed by atoms with van der Waals surface area (Å²) < 4.78 is 6.01. The Hall–Kier alpha value is -3.67. The Morgan fingerprint density at radius 2 is 1.80 bits per heavy atom. The average molecular weight is 331 g/mol. The van der Waals surface area contributed by atoms with Gasteiger partial charge in [0.2, 0.25) is 0 Å². The van der Waals surface area contributed by atoms with Gasteiger partial charge in [0.05, 0.1) is 11.2 Å². The topological polar surface area (TPSA) is 91.2 Å². The van der Waals surface area contributed by atoms with Gasteiger partial charge in [0.25, 0.3) is 0 Å². The average Bonchev–Trinajstić information content (AvgIpc) is 2.84. The van der Waals surface area contributed by atoms with E-state index in [0.717, 1.165) is 27.9 Å². The highest BCUT2D eigenvalue weighted by molar-refractivity contribution is 5.95. The summed E-state index contributed by atoms with van der Waals surface area (Å²) in [6, 6.07) is 16.3. The van der Waals surface area contributed by atoms with Crippen molar-refractivity contribution in [2.75, 3.05) is 0 Å². The van der Waals surface area contributed by atoms with E-state index in [1.54, 1.807) is 30.5 Å². The normalized spacial score (nSPS) is 10.7. The SMILES string of the molecule is O=NC(=O)c1ccc(-c2[nH]c3ccccc3oc3c[nH]ccc2-3)cc1. The van der Waals surface area contributed by atoms with Crippen LogP contribution in [0.2, 0.25) is 0 Å². The molecule has 2 aromatic carbocycles. The molecule has 0 atom stereocenters. The first-order valence-electron chi connectivity index (χ1n) is 7.66. The molecule has 4 rings (SSSR count). The van der Waals surface area contributed by atoms with Crippen LogP contribution >= 0.6 is 0 Å². The zero-order valence-corrected chi connectivity index (χ0v) is 13.0. The second-order valence-electron chi connectivity index (χ2n) is 5.49. The summed E-state index contributed by atoms with van der Waals surface area (Å²) in [4.78, 5) is 28.2. The molecule has 0 saturated heterocycles. The molecule has 2 heterocycles. The van der Waals surface area contributed by atoms with E-state index >= 15 is 0 Å². The molecule has 2 aliphatic heterocycles. The van der Waals surface area contributed by atoms with Gasteiger partial charge in [0.1, 0.15) is 0 Å². The van der Waals surface area contributed by atoms with E-state index in [2.05, 4.69) is 15.1 Å². The van der Waals surface area contributed by atoms with E-state index in [0.29, 0.717) is 5.76 Å². The summed E-state index contributed by atoms with van der Waals surface area (Å²) in [5, 5.41) is 2.45. The molecule has 2 aliphatic rings. The van der Waals surface area contributed by atoms with Crippen LogP contribution in [-0.4, -0.2) is 15.9 Å². The predicted octanol–water partition coefficient (Wildman–Crippen LogP) is 4.89. The van der Waals surface area contributed by atoms with Crippen LogP contribution in [0, 0.1) is 4.91 Å². The molecule has 6 heteroatoms. The smallest absolute Gasteiger partial charge is 0.316 e. The number of benzene rings is 2. The number of aromatic nitrogens is 2. The highest BCUT2D eigenvalue weighted by atomic mass is 16.3. The fourth-order valence-electron chi connectivity index (χ4n) is 2.75. The van der Waals surface area contributed by atoms with Gasteiger partial charge in [-0.15, -0.1) is 4.91 Å². The summed E-state index contributed by atoms with van der Waals surface area (Å²) in [6.45, 7) is 0. The quantitative estimate of drug-likeness (QED) is 0.512. The number of nitrogens with zero attached hydrogens (tertiary/aromatic N) is 1. The van der Waals surface area contributed by atoms with Gasteiger partial charge in [0, 0.05) is 28.7 Å². The lowest BCUT2D eigenvalue weighted by atomic mass is 10.0. The molecule has 0 saturated carbocycles. The van der Waals surface area contributed by atoms with Crippen LogP contribution in [-0.2, 0) is 0 Å². The van der Waals surface area contributed by atoms with Gasteiger partial charge in [-0.3, -0.25) is 4.79 Å². The number of aromatic amines is 2. The number of carbonyl (C=O) groups is 1. The van der Waals surface area contributed by atoms with Crippen LogP contribution in [0.1, 0.15) is 10.4 Å². The van der Waals surface area contributed by atoms with E-state index in [1.165, 1.54) is 0 Å². The third-order valence-corrected chi connectivity index (χ3v) is 3.97. The zero-order chi connectivity index (χ0) is 17.2. The summed E-state index contributed by atoms with van der Waals surface area (Å²) in [5.74, 6) is -0.0984. The fraction of sp³-hybridized carbons (Fsp3) is 0. The van der Waals surface area contributed by atoms with Crippen LogP contribution in [0.15, 0.2) is 76.6 Å². The first kappa shape index (κ1) is 14.9. The van der Waals surface area contributed by atoms with Crippen molar-refractivity contribution < 1.29 is 9.21 Å². The number of rotatable bonds is 2. The van der Waals surface area contributed by atoms with E-state index in [9.17, 15) is 9.70 Å². The molecule has 122 valence electrons. The largest absolute Gasteiger partial charge is 0.453 e. The number of pyridine rings is 1. The highest BCUT2D eigenvalue weighted by Gasteiger charge is 2.13. The Kier molecular flexibility index (Phi) is 3.63. The van der Waals surface area contributed by atoms with Crippen molar-refractivity contribution >= 4 is 17.0 Å². The molecule has 2 N–H and O–H groups in total. The Morgan fingerprint density at radius 3 is 2.60 bits per heavy atom. The van der Waals surface area contributed by atoms with E-state index in [-0.39, 0.29) is 5.56 Å². The number of amides is 1. The van der Waals surface area contributed by atoms with Crippen LogP contribution in [0.25, 0.3) is 33.7 Å². The molecule has 0 fully saturated rings. The van der Waals surface area contributed by atoms with Crippen LogP contribution in [0.4, 0.5) is 0 Å². The van der Waals surface area contributed by atoms with Gasteiger partial charge in [-0.2, -0.15) is 0 Å². The van der Waals surface area contributed by atoms with E-state index in [4.69, 9.17) is 4.42 Å². The maximum Gasteiger partial charge on any atom is 0.316 e. The van der Waals surface area contributed by atoms with Crippen molar-refractivity contribution in [3.8, 4) is 22.6 Å². The van der Waals surface area contributed by atoms with Gasteiger partial charge in [-0.25, -0.2) is 0 Å². The molecule has 25 heavy (non-hydrogen) atoms. The molecule has 0 spiro atoms. The van der Waals surface area contributed by atoms with E-state index < -0.39 is 5.91 Å². The van der Waals surface area contributed by atoms with Gasteiger partial charge in [-0.05, 0) is 35.9 Å². The second-order valence-corrected chi connectivity index (χ2v) is 5.49.